The molecule has 0 amide bonds. The molecular formula is C15H19F4N. The maximum Gasteiger partial charge on any atom is 0.419 e. The van der Waals surface area contributed by atoms with Crippen molar-refractivity contribution in [3.63, 3.8) is 0 Å². The van der Waals surface area contributed by atoms with Crippen LogP contribution in [-0.2, 0) is 6.18 Å². The van der Waals surface area contributed by atoms with Crippen LogP contribution in [0.2, 0.25) is 0 Å². The Bertz CT molecular complexity index is 456. The Labute approximate surface area is 116 Å². The van der Waals surface area contributed by atoms with Gasteiger partial charge in [0.2, 0.25) is 0 Å². The molecule has 1 aromatic carbocycles. The average Bonchev–Trinajstić information content (AvgIpc) is 2.40. The highest BCUT2D eigenvalue weighted by atomic mass is 19.4. The van der Waals surface area contributed by atoms with E-state index < -0.39 is 17.6 Å². The molecule has 1 saturated carbocycles. The minimum absolute atomic E-state index is 0.181. The summed E-state index contributed by atoms with van der Waals surface area (Å²) in [4.78, 5) is 0. The first kappa shape index (κ1) is 15.1. The van der Waals surface area contributed by atoms with E-state index in [4.69, 9.17) is 0 Å². The van der Waals surface area contributed by atoms with Gasteiger partial charge in [0.25, 0.3) is 0 Å². The molecule has 1 aliphatic carbocycles. The topological polar surface area (TPSA) is 12.0 Å². The van der Waals surface area contributed by atoms with Gasteiger partial charge in [0, 0.05) is 11.7 Å². The molecule has 0 spiro atoms. The lowest BCUT2D eigenvalue weighted by molar-refractivity contribution is -0.139. The molecule has 1 nitrogen and oxygen atoms in total. The maximum atomic E-state index is 13.2. The second-order valence-corrected chi connectivity index (χ2v) is 5.47. The summed E-state index contributed by atoms with van der Waals surface area (Å²) in [5.74, 6) is -0.595. The van der Waals surface area contributed by atoms with Crippen LogP contribution in [0.15, 0.2) is 18.2 Å². The summed E-state index contributed by atoms with van der Waals surface area (Å²) in [6, 6.07) is 3.30. The fourth-order valence-electron chi connectivity index (χ4n) is 2.86. The summed E-state index contributed by atoms with van der Waals surface area (Å²) in [7, 11) is 0. The lowest BCUT2D eigenvalue weighted by atomic mass is 9.84. The number of rotatable bonds is 3. The average molecular weight is 289 g/mol. The number of hydrogen-bond acceptors (Lipinski definition) is 1. The van der Waals surface area contributed by atoms with Gasteiger partial charge < -0.3 is 5.32 Å². The lowest BCUT2D eigenvalue weighted by Crippen LogP contribution is -2.27. The third-order valence-electron chi connectivity index (χ3n) is 4.00. The minimum atomic E-state index is -4.65. The molecule has 0 radical (unpaired) electrons. The molecule has 112 valence electrons. The summed E-state index contributed by atoms with van der Waals surface area (Å²) in [5.41, 5.74) is -0.856. The van der Waals surface area contributed by atoms with Crippen molar-refractivity contribution < 1.29 is 17.6 Å². The Morgan fingerprint density at radius 1 is 1.25 bits per heavy atom. The maximum absolute atomic E-state index is 13.2. The van der Waals surface area contributed by atoms with E-state index >= 15 is 0 Å². The third-order valence-corrected chi connectivity index (χ3v) is 4.00. The molecule has 1 fully saturated rings. The van der Waals surface area contributed by atoms with Crippen LogP contribution in [0.25, 0.3) is 0 Å². The van der Waals surface area contributed by atoms with E-state index in [1.54, 1.807) is 0 Å². The number of anilines is 1. The molecule has 5 heteroatoms. The fraction of sp³-hybridized carbons (Fsp3) is 0.600. The summed E-state index contributed by atoms with van der Waals surface area (Å²) < 4.78 is 51.2. The first-order valence-corrected chi connectivity index (χ1v) is 7.03. The Kier molecular flexibility index (Phi) is 4.55. The second-order valence-electron chi connectivity index (χ2n) is 5.47. The predicted octanol–water partition coefficient (Wildman–Crippen LogP) is 5.23. The summed E-state index contributed by atoms with van der Waals surface area (Å²) in [6.45, 7) is 2.13. The quantitative estimate of drug-likeness (QED) is 0.752. The van der Waals surface area contributed by atoms with Gasteiger partial charge in [-0.15, -0.1) is 0 Å². The van der Waals surface area contributed by atoms with Crippen molar-refractivity contribution in [2.75, 3.05) is 5.32 Å². The molecule has 1 aromatic rings. The van der Waals surface area contributed by atoms with Crippen molar-refractivity contribution in [1.82, 2.24) is 0 Å². The Morgan fingerprint density at radius 3 is 2.65 bits per heavy atom. The molecule has 0 bridgehead atoms. The van der Waals surface area contributed by atoms with Crippen molar-refractivity contribution in [1.29, 1.82) is 0 Å². The Morgan fingerprint density at radius 2 is 2.00 bits per heavy atom. The van der Waals surface area contributed by atoms with Crippen LogP contribution in [0, 0.1) is 11.7 Å². The highest BCUT2D eigenvalue weighted by molar-refractivity contribution is 5.47. The Balaban J connectivity index is 2.10. The fourth-order valence-corrected chi connectivity index (χ4v) is 2.86. The zero-order valence-corrected chi connectivity index (χ0v) is 11.4. The molecule has 1 N–H and O–H groups in total. The standard InChI is InChI=1S/C15H19F4N/c1-2-10-4-3-5-11(8-10)20-12-6-7-14(16)13(9-12)15(17,18)19/h6-7,9-11,20H,2-5,8H2,1H3. The van der Waals surface area contributed by atoms with Crippen molar-refractivity contribution in [2.24, 2.45) is 5.92 Å². The van der Waals surface area contributed by atoms with E-state index in [1.165, 1.54) is 12.5 Å². The van der Waals surface area contributed by atoms with Crippen LogP contribution in [0.4, 0.5) is 23.2 Å². The molecule has 20 heavy (non-hydrogen) atoms. The van der Waals surface area contributed by atoms with Gasteiger partial charge in [-0.1, -0.05) is 26.2 Å². The van der Waals surface area contributed by atoms with Crippen LogP contribution < -0.4 is 5.32 Å². The van der Waals surface area contributed by atoms with Crippen LogP contribution >= 0.6 is 0 Å². The SMILES string of the molecule is CCC1CCCC(Nc2ccc(F)c(C(F)(F)F)c2)C1. The van der Waals surface area contributed by atoms with Gasteiger partial charge in [-0.25, -0.2) is 4.39 Å². The number of benzene rings is 1. The van der Waals surface area contributed by atoms with Crippen LogP contribution in [0.1, 0.15) is 44.6 Å². The van der Waals surface area contributed by atoms with E-state index in [-0.39, 0.29) is 6.04 Å². The van der Waals surface area contributed by atoms with Crippen molar-refractivity contribution in [2.45, 2.75) is 51.2 Å². The van der Waals surface area contributed by atoms with E-state index in [1.807, 2.05) is 0 Å². The van der Waals surface area contributed by atoms with Gasteiger partial charge in [-0.05, 0) is 37.0 Å². The van der Waals surface area contributed by atoms with Crippen molar-refractivity contribution >= 4 is 5.69 Å². The van der Waals surface area contributed by atoms with Gasteiger partial charge in [0.15, 0.2) is 0 Å². The monoisotopic (exact) mass is 289 g/mol. The number of nitrogens with one attached hydrogen (secondary N) is 1. The number of hydrogen-bond donors (Lipinski definition) is 1. The molecule has 2 atom stereocenters. The van der Waals surface area contributed by atoms with Crippen molar-refractivity contribution in [3.8, 4) is 0 Å². The van der Waals surface area contributed by atoms with E-state index in [0.717, 1.165) is 37.8 Å². The molecule has 2 unspecified atom stereocenters. The molecule has 2 rings (SSSR count). The highest BCUT2D eigenvalue weighted by Gasteiger charge is 2.34. The minimum Gasteiger partial charge on any atom is -0.382 e. The lowest BCUT2D eigenvalue weighted by Gasteiger charge is -2.30. The molecule has 0 saturated heterocycles. The summed E-state index contributed by atoms with van der Waals surface area (Å²) in [6.07, 6.45) is 0.634. The molecule has 0 aliphatic heterocycles. The smallest absolute Gasteiger partial charge is 0.382 e. The molecule has 0 heterocycles. The van der Waals surface area contributed by atoms with Gasteiger partial charge in [0.1, 0.15) is 5.82 Å². The molecular weight excluding hydrogens is 270 g/mol. The largest absolute Gasteiger partial charge is 0.419 e. The number of halogens is 4. The Hall–Kier alpha value is -1.26. The first-order chi connectivity index (χ1) is 9.40. The van der Waals surface area contributed by atoms with Crippen LogP contribution in [0.3, 0.4) is 0 Å². The first-order valence-electron chi connectivity index (χ1n) is 7.03. The normalized spacial score (nSPS) is 23.6. The van der Waals surface area contributed by atoms with Crippen molar-refractivity contribution in [3.05, 3.63) is 29.6 Å². The van der Waals surface area contributed by atoms with Crippen LogP contribution in [0.5, 0.6) is 0 Å². The van der Waals surface area contributed by atoms with Gasteiger partial charge in [0.05, 0.1) is 5.56 Å². The number of alkyl halides is 3. The zero-order chi connectivity index (χ0) is 14.8. The van der Waals surface area contributed by atoms with Gasteiger partial charge >= 0.3 is 6.18 Å². The summed E-state index contributed by atoms with van der Waals surface area (Å²) in [5, 5.41) is 3.12. The van der Waals surface area contributed by atoms with E-state index in [9.17, 15) is 17.6 Å². The molecule has 0 aromatic heterocycles. The molecule has 1 aliphatic rings. The van der Waals surface area contributed by atoms with Gasteiger partial charge in [-0.3, -0.25) is 0 Å². The van der Waals surface area contributed by atoms with Crippen LogP contribution in [-0.4, -0.2) is 6.04 Å². The van der Waals surface area contributed by atoms with Gasteiger partial charge in [-0.2, -0.15) is 13.2 Å². The van der Waals surface area contributed by atoms with E-state index in [2.05, 4.69) is 12.2 Å². The highest BCUT2D eigenvalue weighted by Crippen LogP contribution is 2.34. The predicted molar refractivity (Wildman–Crippen MR) is 71.1 cm³/mol. The summed E-state index contributed by atoms with van der Waals surface area (Å²) >= 11 is 0. The third kappa shape index (κ3) is 3.64. The van der Waals surface area contributed by atoms with E-state index in [0.29, 0.717) is 11.6 Å². The second kappa shape index (κ2) is 6.02. The zero-order valence-electron chi connectivity index (χ0n) is 11.4.